The molecule has 0 N–H and O–H groups in total. The van der Waals surface area contributed by atoms with Crippen LogP contribution in [0, 0.1) is 11.3 Å². The fourth-order valence-corrected chi connectivity index (χ4v) is 7.65. The average Bonchev–Trinajstić information content (AvgIpc) is 3.76. The van der Waals surface area contributed by atoms with Crippen molar-refractivity contribution in [3.63, 3.8) is 0 Å². The summed E-state index contributed by atoms with van der Waals surface area (Å²) in [6, 6.07) is 61.9. The lowest BCUT2D eigenvalue weighted by Gasteiger charge is -2.13. The minimum Gasteiger partial charge on any atom is -0.309 e. The molecule has 0 aliphatic carbocycles. The molecule has 0 atom stereocenters. The van der Waals surface area contributed by atoms with Crippen LogP contribution in [0.3, 0.4) is 0 Å². The number of hydrogen-bond acceptors (Lipinski definition) is 2. The molecule has 0 saturated heterocycles. The van der Waals surface area contributed by atoms with Crippen LogP contribution in [0.4, 0.5) is 0 Å². The Balaban J connectivity index is 1.11. The zero-order valence-corrected chi connectivity index (χ0v) is 27.0. The highest BCUT2D eigenvalue weighted by molar-refractivity contribution is 6.24. The smallest absolute Gasteiger partial charge is 0.145 e. The van der Waals surface area contributed by atoms with Crippen molar-refractivity contribution in [1.82, 2.24) is 14.1 Å². The number of benzene rings is 8. The van der Waals surface area contributed by atoms with Gasteiger partial charge >= 0.3 is 0 Å². The number of hydrogen-bond donors (Lipinski definition) is 0. The first-order valence-corrected chi connectivity index (χ1v) is 16.8. The Morgan fingerprint density at radius 1 is 0.400 bits per heavy atom. The molecule has 4 heteroatoms. The van der Waals surface area contributed by atoms with Gasteiger partial charge in [-0.2, -0.15) is 5.26 Å². The lowest BCUT2D eigenvalue weighted by molar-refractivity contribution is 1.10. The lowest BCUT2D eigenvalue weighted by Crippen LogP contribution is -1.98. The predicted molar refractivity (Wildman–Crippen MR) is 206 cm³/mol. The second kappa shape index (κ2) is 11.1. The first-order chi connectivity index (χ1) is 24.8. The lowest BCUT2D eigenvalue weighted by atomic mass is 10.00. The maximum Gasteiger partial charge on any atom is 0.145 e. The summed E-state index contributed by atoms with van der Waals surface area (Å²) in [5.74, 6) is 0.861. The Hall–Kier alpha value is -6.96. The monoisotopic (exact) mass is 636 g/mol. The van der Waals surface area contributed by atoms with Gasteiger partial charge < -0.3 is 4.57 Å². The van der Waals surface area contributed by atoms with Crippen molar-refractivity contribution in [2.24, 2.45) is 0 Å². The molecule has 0 amide bonds. The summed E-state index contributed by atoms with van der Waals surface area (Å²) in [7, 11) is 0. The molecule has 10 aromatic rings. The molecule has 10 rings (SSSR count). The SMILES string of the molecule is N#Cc1ccc(-n2c(-c3ccc(-c4ccc(-n5c6ccccc6c6ccccc65)cc4)cc3)nc3c4ccccc4c4ccccc4c32)cc1. The number of aromatic nitrogens is 3. The van der Waals surface area contributed by atoms with Gasteiger partial charge in [-0.1, -0.05) is 121 Å². The first kappa shape index (κ1) is 28.1. The van der Waals surface area contributed by atoms with Crippen LogP contribution in [0.1, 0.15) is 5.56 Å². The molecule has 0 spiro atoms. The summed E-state index contributed by atoms with van der Waals surface area (Å²) < 4.78 is 4.60. The number of nitrogens with zero attached hydrogens (tertiary/aromatic N) is 4. The molecule has 232 valence electrons. The van der Waals surface area contributed by atoms with Crippen LogP contribution in [-0.2, 0) is 0 Å². The molecular weight excluding hydrogens is 609 g/mol. The van der Waals surface area contributed by atoms with E-state index in [2.05, 4.69) is 161 Å². The van der Waals surface area contributed by atoms with Gasteiger partial charge in [0.25, 0.3) is 0 Å². The third kappa shape index (κ3) is 4.21. The summed E-state index contributed by atoms with van der Waals surface area (Å²) in [6.07, 6.45) is 0. The van der Waals surface area contributed by atoms with Crippen molar-refractivity contribution in [1.29, 1.82) is 5.26 Å². The molecule has 4 nitrogen and oxygen atoms in total. The topological polar surface area (TPSA) is 46.5 Å². The van der Waals surface area contributed by atoms with Gasteiger partial charge in [-0.05, 0) is 70.4 Å². The fraction of sp³-hybridized carbons (Fsp3) is 0. The van der Waals surface area contributed by atoms with Gasteiger partial charge in [0.05, 0.1) is 33.7 Å². The highest BCUT2D eigenvalue weighted by atomic mass is 15.1. The first-order valence-electron chi connectivity index (χ1n) is 16.8. The molecule has 0 unspecified atom stereocenters. The second-order valence-corrected chi connectivity index (χ2v) is 12.7. The van der Waals surface area contributed by atoms with Crippen molar-refractivity contribution in [3.8, 4) is 40.0 Å². The minimum absolute atomic E-state index is 0.628. The van der Waals surface area contributed by atoms with Crippen LogP contribution in [0.5, 0.6) is 0 Å². The van der Waals surface area contributed by atoms with Gasteiger partial charge in [0.2, 0.25) is 0 Å². The molecule has 8 aromatic carbocycles. The third-order valence-corrected chi connectivity index (χ3v) is 9.97. The van der Waals surface area contributed by atoms with E-state index in [1.54, 1.807) is 0 Å². The Bertz CT molecular complexity index is 2900. The van der Waals surface area contributed by atoms with Gasteiger partial charge in [0.1, 0.15) is 5.82 Å². The van der Waals surface area contributed by atoms with E-state index in [9.17, 15) is 5.26 Å². The Morgan fingerprint density at radius 2 is 0.840 bits per heavy atom. The number of para-hydroxylation sites is 2. The maximum absolute atomic E-state index is 9.52. The van der Waals surface area contributed by atoms with E-state index in [1.807, 2.05) is 24.3 Å². The predicted octanol–water partition coefficient (Wildman–Crippen LogP) is 11.6. The summed E-state index contributed by atoms with van der Waals surface area (Å²) in [5, 5.41) is 16.7. The number of rotatable bonds is 4. The fourth-order valence-electron chi connectivity index (χ4n) is 7.65. The van der Waals surface area contributed by atoms with Gasteiger partial charge in [-0.15, -0.1) is 0 Å². The Morgan fingerprint density at radius 3 is 1.44 bits per heavy atom. The van der Waals surface area contributed by atoms with Crippen LogP contribution in [0.25, 0.3) is 88.3 Å². The molecule has 2 aromatic heterocycles. The summed E-state index contributed by atoms with van der Waals surface area (Å²) in [4.78, 5) is 5.37. The van der Waals surface area contributed by atoms with E-state index in [0.717, 1.165) is 55.7 Å². The van der Waals surface area contributed by atoms with E-state index < -0.39 is 0 Å². The van der Waals surface area contributed by atoms with Gasteiger partial charge in [0.15, 0.2) is 0 Å². The van der Waals surface area contributed by atoms with Crippen LogP contribution in [0.15, 0.2) is 170 Å². The summed E-state index contributed by atoms with van der Waals surface area (Å²) in [5.41, 5.74) is 10.5. The summed E-state index contributed by atoms with van der Waals surface area (Å²) >= 11 is 0. The summed E-state index contributed by atoms with van der Waals surface area (Å²) in [6.45, 7) is 0. The second-order valence-electron chi connectivity index (χ2n) is 12.7. The zero-order valence-electron chi connectivity index (χ0n) is 27.0. The highest BCUT2D eigenvalue weighted by Gasteiger charge is 2.20. The van der Waals surface area contributed by atoms with Gasteiger partial charge in [-0.3, -0.25) is 4.57 Å². The third-order valence-electron chi connectivity index (χ3n) is 9.97. The standard InChI is InChI=1S/C46H28N4/c47-29-30-17-25-35(26-18-30)50-45-41-14-4-2-10-37(41)36-9-1-3-13-40(36)44(45)48-46(50)33-21-19-31(20-22-33)32-23-27-34(28-24-32)49-42-15-7-5-11-38(42)39-12-6-8-16-43(39)49/h1-28H. The Kier molecular flexibility index (Phi) is 6.21. The molecule has 0 fully saturated rings. The van der Waals surface area contributed by atoms with Crippen molar-refractivity contribution < 1.29 is 0 Å². The molecule has 0 bridgehead atoms. The van der Waals surface area contributed by atoms with Gasteiger partial charge in [-0.25, -0.2) is 4.98 Å². The molecule has 2 heterocycles. The van der Waals surface area contributed by atoms with Crippen LogP contribution in [0.2, 0.25) is 0 Å². The Labute approximate surface area is 288 Å². The number of fused-ring (bicyclic) bond motifs is 9. The van der Waals surface area contributed by atoms with E-state index in [4.69, 9.17) is 4.98 Å². The zero-order chi connectivity index (χ0) is 33.2. The van der Waals surface area contributed by atoms with E-state index in [-0.39, 0.29) is 0 Å². The van der Waals surface area contributed by atoms with Crippen LogP contribution in [-0.4, -0.2) is 14.1 Å². The normalized spacial score (nSPS) is 11.6. The van der Waals surface area contributed by atoms with Crippen molar-refractivity contribution >= 4 is 54.4 Å². The van der Waals surface area contributed by atoms with E-state index in [1.165, 1.54) is 32.6 Å². The molecule has 0 aliphatic heterocycles. The van der Waals surface area contributed by atoms with Crippen LogP contribution >= 0.6 is 0 Å². The van der Waals surface area contributed by atoms with Gasteiger partial charge in [0, 0.05) is 38.5 Å². The van der Waals surface area contributed by atoms with Crippen molar-refractivity contribution in [2.75, 3.05) is 0 Å². The largest absolute Gasteiger partial charge is 0.309 e. The molecule has 0 radical (unpaired) electrons. The minimum atomic E-state index is 0.628. The van der Waals surface area contributed by atoms with Crippen molar-refractivity contribution in [3.05, 3.63) is 175 Å². The highest BCUT2D eigenvalue weighted by Crippen LogP contribution is 2.40. The number of imidazole rings is 1. The quantitative estimate of drug-likeness (QED) is 0.180. The van der Waals surface area contributed by atoms with Crippen LogP contribution < -0.4 is 0 Å². The van der Waals surface area contributed by atoms with Crippen molar-refractivity contribution in [2.45, 2.75) is 0 Å². The molecule has 0 saturated carbocycles. The molecule has 50 heavy (non-hydrogen) atoms. The molecule has 0 aliphatic rings. The van der Waals surface area contributed by atoms with E-state index >= 15 is 0 Å². The molecular formula is C46H28N4. The average molecular weight is 637 g/mol. The van der Waals surface area contributed by atoms with E-state index in [0.29, 0.717) is 5.56 Å². The number of nitriles is 1. The maximum atomic E-state index is 9.52.